The summed E-state index contributed by atoms with van der Waals surface area (Å²) in [6.07, 6.45) is 6.49. The number of fused-ring (bicyclic) bond motifs is 2. The Labute approximate surface area is 459 Å². The number of piperazine rings is 2. The molecule has 0 radical (unpaired) electrons. The number of amides is 4. The molecule has 4 fully saturated rings. The van der Waals surface area contributed by atoms with Crippen molar-refractivity contribution in [2.45, 2.75) is 141 Å². The first-order chi connectivity index (χ1) is 34.4. The predicted molar refractivity (Wildman–Crippen MR) is 298 cm³/mol. The van der Waals surface area contributed by atoms with Gasteiger partial charge in [-0.2, -0.15) is 0 Å². The number of aryl methyl sites for hydroxylation is 2. The van der Waals surface area contributed by atoms with Crippen molar-refractivity contribution in [3.05, 3.63) is 139 Å². The molecule has 0 aromatic heterocycles. The molecule has 2 unspecified atom stereocenters. The van der Waals surface area contributed by atoms with Crippen LogP contribution in [0, 0.1) is 17.8 Å². The van der Waals surface area contributed by atoms with Crippen molar-refractivity contribution < 1.29 is 19.2 Å². The molecule has 4 heterocycles. The summed E-state index contributed by atoms with van der Waals surface area (Å²) in [4.78, 5) is 62.8. The lowest BCUT2D eigenvalue weighted by atomic mass is 9.94. The van der Waals surface area contributed by atoms with Gasteiger partial charge in [0, 0.05) is 57.4 Å². The summed E-state index contributed by atoms with van der Waals surface area (Å²) < 4.78 is 0. The number of benzene rings is 4. The monoisotopic (exact) mass is 1100 g/mol. The van der Waals surface area contributed by atoms with Crippen molar-refractivity contribution in [3.63, 3.8) is 0 Å². The molecule has 11 nitrogen and oxygen atoms in total. The van der Waals surface area contributed by atoms with Crippen molar-refractivity contribution >= 4 is 82.4 Å². The first-order valence-corrected chi connectivity index (χ1v) is 27.4. The van der Waals surface area contributed by atoms with Crippen LogP contribution in [0.1, 0.15) is 95.4 Å². The first kappa shape index (κ1) is 58.4. The molecule has 0 bridgehead atoms. The van der Waals surface area contributed by atoms with E-state index >= 15 is 0 Å². The Morgan fingerprint density at radius 2 is 0.986 bits per heavy atom. The molecule has 396 valence electrons. The molecule has 4 amide bonds. The summed E-state index contributed by atoms with van der Waals surface area (Å²) in [7, 11) is 0. The van der Waals surface area contributed by atoms with Crippen molar-refractivity contribution in [1.29, 1.82) is 0 Å². The average molecular weight is 1100 g/mol. The predicted octanol–water partition coefficient (Wildman–Crippen LogP) is 10.3. The molecular weight excluding hydrogens is 1020 g/mol. The Balaban J connectivity index is 0.000000235. The molecule has 8 rings (SSSR count). The number of nitrogens with zero attached hydrogens (tertiary/aromatic N) is 4. The fourth-order valence-electron chi connectivity index (χ4n) is 11.1. The van der Waals surface area contributed by atoms with Crippen LogP contribution in [0.4, 0.5) is 0 Å². The molecule has 0 aliphatic carbocycles. The van der Waals surface area contributed by atoms with Gasteiger partial charge in [0.2, 0.25) is 23.6 Å². The van der Waals surface area contributed by atoms with Crippen LogP contribution in [0.5, 0.6) is 0 Å². The second-order valence-electron chi connectivity index (χ2n) is 21.3. The molecule has 4 saturated heterocycles. The van der Waals surface area contributed by atoms with Gasteiger partial charge < -0.3 is 26.2 Å². The third-order valence-electron chi connectivity index (χ3n) is 14.7. The van der Waals surface area contributed by atoms with E-state index in [4.69, 9.17) is 52.1 Å². The first-order valence-electron chi connectivity index (χ1n) is 25.8. The van der Waals surface area contributed by atoms with Gasteiger partial charge in [-0.3, -0.25) is 29.0 Å². The molecule has 0 saturated carbocycles. The van der Waals surface area contributed by atoms with Crippen LogP contribution in [0.3, 0.4) is 0 Å². The molecule has 4 aliphatic heterocycles. The van der Waals surface area contributed by atoms with Crippen LogP contribution in [0.15, 0.2) is 97.1 Å². The van der Waals surface area contributed by atoms with E-state index in [0.29, 0.717) is 71.4 Å². The van der Waals surface area contributed by atoms with Gasteiger partial charge in [0.1, 0.15) is 12.1 Å². The Morgan fingerprint density at radius 1 is 0.575 bits per heavy atom. The summed E-state index contributed by atoms with van der Waals surface area (Å²) >= 11 is 24.4. The smallest absolute Gasteiger partial charge is 0.243 e. The Hall–Kier alpha value is -3.91. The third-order valence-corrected chi connectivity index (χ3v) is 16.2. The summed E-state index contributed by atoms with van der Waals surface area (Å²) in [5.41, 5.74) is 10.6. The van der Waals surface area contributed by atoms with Gasteiger partial charge in [-0.1, -0.05) is 154 Å². The minimum Gasteiger partial charge on any atom is -0.350 e. The number of hydrogen-bond acceptors (Lipinski definition) is 7. The lowest BCUT2D eigenvalue weighted by molar-refractivity contribution is -0.151. The molecule has 4 N–H and O–H groups in total. The van der Waals surface area contributed by atoms with E-state index in [9.17, 15) is 19.2 Å². The highest BCUT2D eigenvalue weighted by Gasteiger charge is 2.49. The maximum Gasteiger partial charge on any atom is 0.243 e. The number of halogens is 5. The van der Waals surface area contributed by atoms with Crippen LogP contribution >= 0.6 is 58.8 Å². The van der Waals surface area contributed by atoms with E-state index in [2.05, 4.69) is 104 Å². The van der Waals surface area contributed by atoms with Gasteiger partial charge in [-0.15, -0.1) is 12.4 Å². The molecule has 0 spiro atoms. The standard InChI is InChI=1S/C29H37Cl2N3O2.C28H36Cl2N4O2.ClH/c1-19(2)13-26(28(35)32-16-22-10-12-24(30)25(31)15-22)34-18-23(11-9-21-7-5-4-6-8-21)33-17-20(3)14-27(33)29(34)36;1-18(2)12-25(27(35)32-15-20-9-11-23(29)24(30)13-20)34-17-22(10-8-19-6-4-3-5-7-19)33-16-21(31)14-26(33)28(34)36;/h4-8,10,12,15,19-20,23,26-27H,9,11,13-14,16-18H2,1-3H3,(H,32,35);3-7,9,11,13,18,21-22,25-26H,8,10,12,14-17,31H2,1-2H3,(H,32,35);1H/t20-,23?,26-,27+;21-,22?,25-,26+;/m11./s1. The second-order valence-corrected chi connectivity index (χ2v) is 23.0. The van der Waals surface area contributed by atoms with Crippen LogP contribution in [-0.4, -0.2) is 112 Å². The number of nitrogens with two attached hydrogens (primary N) is 1. The highest BCUT2D eigenvalue weighted by molar-refractivity contribution is 6.42. The molecular formula is C57H74Cl5N7O4. The van der Waals surface area contributed by atoms with E-state index in [-0.39, 0.29) is 78.1 Å². The third kappa shape index (κ3) is 15.6. The van der Waals surface area contributed by atoms with Crippen molar-refractivity contribution in [3.8, 4) is 0 Å². The van der Waals surface area contributed by atoms with Crippen LogP contribution in [0.25, 0.3) is 0 Å². The van der Waals surface area contributed by atoms with Crippen molar-refractivity contribution in [2.75, 3.05) is 26.2 Å². The van der Waals surface area contributed by atoms with E-state index in [0.717, 1.165) is 56.3 Å². The number of rotatable bonds is 18. The quantitative estimate of drug-likeness (QED) is 0.0905. The Kier molecular flexibility index (Phi) is 21.8. The van der Waals surface area contributed by atoms with Gasteiger partial charge in [0.15, 0.2) is 0 Å². The second kappa shape index (κ2) is 27.2. The van der Waals surface area contributed by atoms with Gasteiger partial charge in [-0.25, -0.2) is 0 Å². The highest BCUT2D eigenvalue weighted by atomic mass is 35.5. The topological polar surface area (TPSA) is 131 Å². The summed E-state index contributed by atoms with van der Waals surface area (Å²) in [6, 6.07) is 30.6. The zero-order valence-corrected chi connectivity index (χ0v) is 46.7. The minimum atomic E-state index is -0.529. The molecule has 8 atom stereocenters. The van der Waals surface area contributed by atoms with Crippen molar-refractivity contribution in [1.82, 2.24) is 30.2 Å². The van der Waals surface area contributed by atoms with Crippen LogP contribution in [-0.2, 0) is 45.1 Å². The maximum atomic E-state index is 13.7. The summed E-state index contributed by atoms with van der Waals surface area (Å²) in [6.45, 7) is 14.1. The summed E-state index contributed by atoms with van der Waals surface area (Å²) in [5.74, 6) is 0.891. The minimum absolute atomic E-state index is 0. The van der Waals surface area contributed by atoms with E-state index in [1.807, 2.05) is 34.1 Å². The fraction of sp³-hybridized carbons (Fsp3) is 0.509. The average Bonchev–Trinajstić information content (AvgIpc) is 3.96. The van der Waals surface area contributed by atoms with Crippen LogP contribution < -0.4 is 16.4 Å². The zero-order chi connectivity index (χ0) is 51.6. The SMILES string of the molecule is CC(C)C[C@H](C(=O)NCc1ccc(Cl)c(Cl)c1)N1CC(CCc2ccccc2)N2C[C@H](C)C[C@H]2C1=O.CC(C)C[C@H](C(=O)NCc1ccc(Cl)c(Cl)c1)N1CC(CCc2ccccc2)N2C[C@H](N)C[C@H]2C1=O.Cl. The molecule has 16 heteroatoms. The zero-order valence-electron chi connectivity index (χ0n) is 42.8. The number of nitrogens with one attached hydrogen (secondary N) is 2. The van der Waals surface area contributed by atoms with E-state index in [1.165, 1.54) is 11.1 Å². The normalized spacial score (nSPS) is 22.8. The molecule has 4 aromatic carbocycles. The molecule has 4 aliphatic rings. The van der Waals surface area contributed by atoms with E-state index < -0.39 is 12.1 Å². The maximum absolute atomic E-state index is 13.7. The number of carbonyl (C=O) groups is 4. The lowest BCUT2D eigenvalue weighted by Gasteiger charge is -2.46. The number of carbonyl (C=O) groups excluding carboxylic acids is 4. The van der Waals surface area contributed by atoms with Crippen molar-refractivity contribution in [2.24, 2.45) is 23.5 Å². The highest BCUT2D eigenvalue weighted by Crippen LogP contribution is 2.35. The fourth-order valence-corrected chi connectivity index (χ4v) is 11.7. The Morgan fingerprint density at radius 3 is 1.40 bits per heavy atom. The Bertz CT molecular complexity index is 2300. The van der Waals surface area contributed by atoms with Gasteiger partial charge in [-0.05, 0) is 116 Å². The van der Waals surface area contributed by atoms with E-state index in [1.54, 1.807) is 24.3 Å². The van der Waals surface area contributed by atoms with Gasteiger partial charge in [0.25, 0.3) is 0 Å². The van der Waals surface area contributed by atoms with Gasteiger partial charge >= 0.3 is 0 Å². The number of hydrogen-bond donors (Lipinski definition) is 3. The summed E-state index contributed by atoms with van der Waals surface area (Å²) in [5, 5.41) is 7.98. The lowest BCUT2D eigenvalue weighted by Crippen LogP contribution is -2.64. The molecule has 73 heavy (non-hydrogen) atoms. The largest absolute Gasteiger partial charge is 0.350 e. The van der Waals surface area contributed by atoms with Gasteiger partial charge in [0.05, 0.1) is 32.2 Å². The molecule has 4 aromatic rings. The van der Waals surface area contributed by atoms with Crippen LogP contribution in [0.2, 0.25) is 20.1 Å².